The van der Waals surface area contributed by atoms with Crippen LogP contribution in [0.4, 0.5) is 5.00 Å². The number of carbonyl (C=O) groups excluding carboxylic acids is 2. The highest BCUT2D eigenvalue weighted by molar-refractivity contribution is 7.16. The highest BCUT2D eigenvalue weighted by Gasteiger charge is 2.24. The second-order valence-electron chi connectivity index (χ2n) is 5.14. The van der Waals surface area contributed by atoms with E-state index in [0.29, 0.717) is 17.2 Å². The fourth-order valence-corrected chi connectivity index (χ4v) is 3.45. The maximum Gasteiger partial charge on any atom is 0.341 e. The van der Waals surface area contributed by atoms with Gasteiger partial charge in [-0.25, -0.2) is 4.79 Å². The van der Waals surface area contributed by atoms with Crippen LogP contribution < -0.4 is 5.32 Å². The number of ether oxygens (including phenoxy) is 1. The minimum absolute atomic E-state index is 0.0390. The maximum absolute atomic E-state index is 12.3. The van der Waals surface area contributed by atoms with Crippen molar-refractivity contribution in [3.8, 4) is 0 Å². The Hall–Kier alpha value is -1.36. The Labute approximate surface area is 123 Å². The zero-order valence-corrected chi connectivity index (χ0v) is 12.8. The molecule has 0 aliphatic heterocycles. The van der Waals surface area contributed by atoms with Gasteiger partial charge in [-0.05, 0) is 32.8 Å². The van der Waals surface area contributed by atoms with E-state index in [4.69, 9.17) is 4.74 Å². The van der Waals surface area contributed by atoms with Crippen LogP contribution in [0.25, 0.3) is 0 Å². The van der Waals surface area contributed by atoms with Crippen LogP contribution >= 0.6 is 11.3 Å². The van der Waals surface area contributed by atoms with Crippen molar-refractivity contribution >= 4 is 28.2 Å². The highest BCUT2D eigenvalue weighted by atomic mass is 32.1. The summed E-state index contributed by atoms with van der Waals surface area (Å²) in [5, 5.41) is 3.54. The van der Waals surface area contributed by atoms with Crippen molar-refractivity contribution in [3.05, 3.63) is 16.5 Å². The van der Waals surface area contributed by atoms with Crippen molar-refractivity contribution in [1.29, 1.82) is 0 Å². The summed E-state index contributed by atoms with van der Waals surface area (Å²) in [6.45, 7) is 4.03. The van der Waals surface area contributed by atoms with E-state index in [2.05, 4.69) is 5.32 Å². The van der Waals surface area contributed by atoms with E-state index < -0.39 is 0 Å². The summed E-state index contributed by atoms with van der Waals surface area (Å²) >= 11 is 1.43. The van der Waals surface area contributed by atoms with Crippen LogP contribution in [0.3, 0.4) is 0 Å². The van der Waals surface area contributed by atoms with Crippen LogP contribution in [-0.4, -0.2) is 18.5 Å². The average molecular weight is 295 g/mol. The van der Waals surface area contributed by atoms with Crippen LogP contribution in [0.5, 0.6) is 0 Å². The number of aryl methyl sites for hydroxylation is 1. The molecule has 0 saturated heterocycles. The second kappa shape index (κ2) is 6.88. The first kappa shape index (κ1) is 15.0. The number of anilines is 1. The molecule has 0 atom stereocenters. The average Bonchev–Trinajstić information content (AvgIpc) is 2.81. The first-order valence-electron chi connectivity index (χ1n) is 7.20. The van der Waals surface area contributed by atoms with Gasteiger partial charge in [-0.1, -0.05) is 19.3 Å². The number of amides is 1. The number of hydrogen-bond acceptors (Lipinski definition) is 4. The topological polar surface area (TPSA) is 55.4 Å². The van der Waals surface area contributed by atoms with Gasteiger partial charge in [0.2, 0.25) is 5.91 Å². The molecule has 0 unspecified atom stereocenters. The van der Waals surface area contributed by atoms with Crippen LogP contribution in [-0.2, 0) is 9.53 Å². The smallest absolute Gasteiger partial charge is 0.341 e. The molecule has 1 aliphatic rings. The van der Waals surface area contributed by atoms with Gasteiger partial charge >= 0.3 is 5.97 Å². The summed E-state index contributed by atoms with van der Waals surface area (Å²) in [6.07, 6.45) is 5.35. The van der Waals surface area contributed by atoms with Gasteiger partial charge in [0.15, 0.2) is 0 Å². The van der Waals surface area contributed by atoms with Gasteiger partial charge in [0.1, 0.15) is 5.00 Å². The standard InChI is InChI=1S/C15H21NO3S/c1-3-19-15(18)12-9-10(2)20-14(12)16-13(17)11-7-5-4-6-8-11/h9,11H,3-8H2,1-2H3,(H,16,17). The van der Waals surface area contributed by atoms with Gasteiger partial charge in [0.25, 0.3) is 0 Å². The zero-order chi connectivity index (χ0) is 14.5. The fraction of sp³-hybridized carbons (Fsp3) is 0.600. The number of hydrogen-bond donors (Lipinski definition) is 1. The number of esters is 1. The fourth-order valence-electron chi connectivity index (χ4n) is 2.55. The van der Waals surface area contributed by atoms with Crippen molar-refractivity contribution < 1.29 is 14.3 Å². The third kappa shape index (κ3) is 3.60. The molecule has 1 heterocycles. The molecule has 0 aromatic carbocycles. The lowest BCUT2D eigenvalue weighted by Gasteiger charge is -2.20. The molecule has 20 heavy (non-hydrogen) atoms. The Kier molecular flexibility index (Phi) is 5.17. The van der Waals surface area contributed by atoms with E-state index in [1.54, 1.807) is 13.0 Å². The first-order chi connectivity index (χ1) is 9.61. The number of rotatable bonds is 4. The molecule has 5 heteroatoms. The number of thiophene rings is 1. The molecule has 1 amide bonds. The Morgan fingerprint density at radius 1 is 1.35 bits per heavy atom. The molecule has 1 aromatic rings. The molecule has 110 valence electrons. The lowest BCUT2D eigenvalue weighted by atomic mass is 9.89. The van der Waals surface area contributed by atoms with Crippen LogP contribution in [0.15, 0.2) is 6.07 Å². The molecule has 2 rings (SSSR count). The lowest BCUT2D eigenvalue weighted by molar-refractivity contribution is -0.120. The Balaban J connectivity index is 2.08. The summed E-state index contributed by atoms with van der Waals surface area (Å²) in [7, 11) is 0. The molecule has 1 fully saturated rings. The van der Waals surface area contributed by atoms with E-state index >= 15 is 0 Å². The van der Waals surface area contributed by atoms with Gasteiger partial charge in [-0.2, -0.15) is 0 Å². The van der Waals surface area contributed by atoms with Gasteiger partial charge in [0, 0.05) is 10.8 Å². The quantitative estimate of drug-likeness (QED) is 0.861. The number of nitrogens with one attached hydrogen (secondary N) is 1. The Morgan fingerprint density at radius 3 is 2.70 bits per heavy atom. The summed E-state index contributed by atoms with van der Waals surface area (Å²) in [5.41, 5.74) is 0.471. The molecule has 1 aromatic heterocycles. The summed E-state index contributed by atoms with van der Waals surface area (Å²) in [4.78, 5) is 25.1. The molecule has 1 aliphatic carbocycles. The Bertz CT molecular complexity index is 489. The zero-order valence-electron chi connectivity index (χ0n) is 12.0. The van der Waals surface area contributed by atoms with Crippen LogP contribution in [0.1, 0.15) is 54.3 Å². The van der Waals surface area contributed by atoms with E-state index in [1.807, 2.05) is 6.92 Å². The predicted molar refractivity (Wildman–Crippen MR) is 80.2 cm³/mol. The molecular formula is C15H21NO3S. The van der Waals surface area contributed by atoms with Gasteiger partial charge < -0.3 is 10.1 Å². The normalized spacial score (nSPS) is 15.9. The third-order valence-electron chi connectivity index (χ3n) is 3.56. The molecule has 4 nitrogen and oxygen atoms in total. The van der Waals surface area contributed by atoms with Crippen molar-refractivity contribution in [2.75, 3.05) is 11.9 Å². The van der Waals surface area contributed by atoms with E-state index in [9.17, 15) is 9.59 Å². The molecule has 0 bridgehead atoms. The first-order valence-corrected chi connectivity index (χ1v) is 8.02. The van der Waals surface area contributed by atoms with Gasteiger partial charge in [-0.3, -0.25) is 4.79 Å². The van der Waals surface area contributed by atoms with E-state index in [1.165, 1.54) is 17.8 Å². The highest BCUT2D eigenvalue weighted by Crippen LogP contribution is 2.31. The molecule has 0 radical (unpaired) electrons. The summed E-state index contributed by atoms with van der Waals surface area (Å²) < 4.78 is 5.03. The largest absolute Gasteiger partial charge is 0.462 e. The van der Waals surface area contributed by atoms with Crippen LogP contribution in [0, 0.1) is 12.8 Å². The van der Waals surface area contributed by atoms with Crippen molar-refractivity contribution in [3.63, 3.8) is 0 Å². The Morgan fingerprint density at radius 2 is 2.05 bits per heavy atom. The van der Waals surface area contributed by atoms with Crippen molar-refractivity contribution in [2.45, 2.75) is 46.0 Å². The summed E-state index contributed by atoms with van der Waals surface area (Å²) in [5.74, 6) is -0.242. The van der Waals surface area contributed by atoms with Gasteiger partial charge in [-0.15, -0.1) is 11.3 Å². The summed E-state index contributed by atoms with van der Waals surface area (Å²) in [6, 6.07) is 1.78. The minimum Gasteiger partial charge on any atom is -0.462 e. The maximum atomic E-state index is 12.3. The lowest BCUT2D eigenvalue weighted by Crippen LogP contribution is -2.25. The molecule has 1 N–H and O–H groups in total. The van der Waals surface area contributed by atoms with E-state index in [0.717, 1.165) is 30.6 Å². The predicted octanol–water partition coefficient (Wildman–Crippen LogP) is 3.75. The minimum atomic E-state index is -0.365. The monoisotopic (exact) mass is 295 g/mol. The van der Waals surface area contributed by atoms with Crippen LogP contribution in [0.2, 0.25) is 0 Å². The van der Waals surface area contributed by atoms with Gasteiger partial charge in [0.05, 0.1) is 12.2 Å². The van der Waals surface area contributed by atoms with Crippen molar-refractivity contribution in [2.24, 2.45) is 5.92 Å². The second-order valence-corrected chi connectivity index (χ2v) is 6.40. The number of carbonyl (C=O) groups is 2. The van der Waals surface area contributed by atoms with Crippen molar-refractivity contribution in [1.82, 2.24) is 0 Å². The third-order valence-corrected chi connectivity index (χ3v) is 4.53. The molecule has 1 saturated carbocycles. The SMILES string of the molecule is CCOC(=O)c1cc(C)sc1NC(=O)C1CCCCC1. The van der Waals surface area contributed by atoms with E-state index in [-0.39, 0.29) is 17.8 Å². The molecule has 0 spiro atoms. The molecular weight excluding hydrogens is 274 g/mol.